The first-order chi connectivity index (χ1) is 12.4. The first kappa shape index (κ1) is 17.8. The fraction of sp³-hybridized carbons (Fsp3) is 0.200. The zero-order chi connectivity index (χ0) is 18.7. The van der Waals surface area contributed by atoms with Gasteiger partial charge in [0.2, 0.25) is 5.91 Å². The van der Waals surface area contributed by atoms with Crippen LogP contribution in [-0.2, 0) is 17.8 Å². The monoisotopic (exact) mass is 355 g/mol. The van der Waals surface area contributed by atoms with Crippen LogP contribution in [-0.4, -0.2) is 15.7 Å². The molecule has 1 aromatic heterocycles. The second-order valence-corrected chi connectivity index (χ2v) is 6.18. The molecule has 0 spiro atoms. The molecule has 1 heterocycles. The maximum absolute atomic E-state index is 13.0. The second kappa shape index (κ2) is 7.47. The lowest BCUT2D eigenvalue weighted by Crippen LogP contribution is -2.15. The van der Waals surface area contributed by atoms with Crippen LogP contribution in [0.3, 0.4) is 0 Å². The van der Waals surface area contributed by atoms with Crippen LogP contribution in [0, 0.1) is 25.5 Å². The molecular weight excluding hydrogens is 336 g/mol. The van der Waals surface area contributed by atoms with Crippen molar-refractivity contribution in [1.29, 1.82) is 0 Å². The lowest BCUT2D eigenvalue weighted by molar-refractivity contribution is -0.115. The highest BCUT2D eigenvalue weighted by Crippen LogP contribution is 2.21. The molecule has 0 aliphatic heterocycles. The summed E-state index contributed by atoms with van der Waals surface area (Å²) in [5, 5.41) is 7.34. The number of aromatic nitrogens is 2. The van der Waals surface area contributed by atoms with E-state index < -0.39 is 0 Å². The molecule has 0 atom stereocenters. The number of nitrogens with one attached hydrogen (secondary N) is 1. The first-order valence-corrected chi connectivity index (χ1v) is 8.25. The zero-order valence-corrected chi connectivity index (χ0v) is 14.6. The summed E-state index contributed by atoms with van der Waals surface area (Å²) < 4.78 is 27.7. The average molecular weight is 355 g/mol. The Morgan fingerprint density at radius 1 is 0.962 bits per heavy atom. The van der Waals surface area contributed by atoms with Gasteiger partial charge in [-0.3, -0.25) is 9.48 Å². The van der Waals surface area contributed by atoms with Crippen LogP contribution in [0.2, 0.25) is 0 Å². The van der Waals surface area contributed by atoms with Gasteiger partial charge in [0.05, 0.1) is 30.0 Å². The van der Waals surface area contributed by atoms with Gasteiger partial charge in [0.1, 0.15) is 11.6 Å². The van der Waals surface area contributed by atoms with Crippen LogP contribution in [0.15, 0.2) is 48.5 Å². The number of hydrogen-bond donors (Lipinski definition) is 1. The molecule has 4 nitrogen and oxygen atoms in total. The largest absolute Gasteiger partial charge is 0.323 e. The molecule has 0 radical (unpaired) electrons. The van der Waals surface area contributed by atoms with Crippen LogP contribution < -0.4 is 5.32 Å². The summed E-state index contributed by atoms with van der Waals surface area (Å²) in [4.78, 5) is 12.3. The van der Waals surface area contributed by atoms with Crippen molar-refractivity contribution < 1.29 is 13.6 Å². The van der Waals surface area contributed by atoms with Crippen molar-refractivity contribution in [3.8, 4) is 0 Å². The van der Waals surface area contributed by atoms with E-state index in [0.29, 0.717) is 17.9 Å². The van der Waals surface area contributed by atoms with Crippen LogP contribution in [0.1, 0.15) is 22.5 Å². The summed E-state index contributed by atoms with van der Waals surface area (Å²) in [5.74, 6) is -0.803. The van der Waals surface area contributed by atoms with E-state index in [0.717, 1.165) is 16.8 Å². The van der Waals surface area contributed by atoms with E-state index in [4.69, 9.17) is 0 Å². The molecule has 134 valence electrons. The molecule has 0 saturated carbocycles. The summed E-state index contributed by atoms with van der Waals surface area (Å²) in [6.07, 6.45) is 0.155. The summed E-state index contributed by atoms with van der Waals surface area (Å²) in [6.45, 7) is 4.18. The number of nitrogens with zero attached hydrogens (tertiary/aromatic N) is 2. The molecule has 0 aliphatic carbocycles. The minimum absolute atomic E-state index is 0.155. The quantitative estimate of drug-likeness (QED) is 0.752. The predicted molar refractivity (Wildman–Crippen MR) is 95.9 cm³/mol. The lowest BCUT2D eigenvalue weighted by atomic mass is 10.1. The Morgan fingerprint density at radius 3 is 2.08 bits per heavy atom. The van der Waals surface area contributed by atoms with E-state index in [1.807, 2.05) is 13.8 Å². The zero-order valence-electron chi connectivity index (χ0n) is 14.6. The van der Waals surface area contributed by atoms with Crippen molar-refractivity contribution in [1.82, 2.24) is 9.78 Å². The Bertz CT molecular complexity index is 915. The molecule has 0 fully saturated rings. The molecule has 3 rings (SSSR count). The van der Waals surface area contributed by atoms with Gasteiger partial charge in [-0.15, -0.1) is 0 Å². The van der Waals surface area contributed by atoms with Gasteiger partial charge in [-0.25, -0.2) is 8.78 Å². The molecular formula is C20H19F2N3O. The summed E-state index contributed by atoms with van der Waals surface area (Å²) >= 11 is 0. The summed E-state index contributed by atoms with van der Waals surface area (Å²) in [7, 11) is 0. The van der Waals surface area contributed by atoms with E-state index in [1.165, 1.54) is 24.3 Å². The van der Waals surface area contributed by atoms with Crippen molar-refractivity contribution in [2.75, 3.05) is 5.32 Å². The summed E-state index contributed by atoms with van der Waals surface area (Å²) in [6, 6.07) is 12.1. The van der Waals surface area contributed by atoms with Gasteiger partial charge < -0.3 is 5.32 Å². The highest BCUT2D eigenvalue weighted by atomic mass is 19.1. The molecule has 0 unspecified atom stereocenters. The van der Waals surface area contributed by atoms with Crippen LogP contribution in [0.25, 0.3) is 0 Å². The minimum Gasteiger partial charge on any atom is -0.323 e. The normalized spacial score (nSPS) is 10.8. The smallest absolute Gasteiger partial charge is 0.228 e. The molecule has 0 saturated heterocycles. The standard InChI is InChI=1S/C20H19F2N3O/c1-13-20(23-19(26)11-15-3-7-17(21)8-4-15)14(2)25(24-13)12-16-5-9-18(22)10-6-16/h3-10H,11-12H2,1-2H3,(H,23,26). The molecule has 2 aromatic carbocycles. The number of hydrogen-bond acceptors (Lipinski definition) is 2. The third-order valence-corrected chi connectivity index (χ3v) is 4.17. The van der Waals surface area contributed by atoms with Crippen molar-refractivity contribution in [3.63, 3.8) is 0 Å². The van der Waals surface area contributed by atoms with Gasteiger partial charge >= 0.3 is 0 Å². The fourth-order valence-corrected chi connectivity index (χ4v) is 2.77. The Kier molecular flexibility index (Phi) is 5.11. The third-order valence-electron chi connectivity index (χ3n) is 4.17. The molecule has 1 amide bonds. The third kappa shape index (κ3) is 4.14. The van der Waals surface area contributed by atoms with Crippen LogP contribution in [0.5, 0.6) is 0 Å². The van der Waals surface area contributed by atoms with E-state index in [9.17, 15) is 13.6 Å². The number of halogens is 2. The Hall–Kier alpha value is -3.02. The predicted octanol–water partition coefficient (Wildman–Crippen LogP) is 4.01. The minimum atomic E-state index is -0.331. The maximum Gasteiger partial charge on any atom is 0.228 e. The average Bonchev–Trinajstić information content (AvgIpc) is 2.86. The number of benzene rings is 2. The van der Waals surface area contributed by atoms with Crippen molar-refractivity contribution >= 4 is 11.6 Å². The van der Waals surface area contributed by atoms with E-state index in [2.05, 4.69) is 10.4 Å². The van der Waals surface area contributed by atoms with Gasteiger partial charge in [-0.1, -0.05) is 24.3 Å². The number of aryl methyl sites for hydroxylation is 1. The Labute approximate surface area is 150 Å². The SMILES string of the molecule is Cc1nn(Cc2ccc(F)cc2)c(C)c1NC(=O)Cc1ccc(F)cc1. The van der Waals surface area contributed by atoms with Crippen molar-refractivity contribution in [3.05, 3.63) is 82.7 Å². The van der Waals surface area contributed by atoms with Gasteiger partial charge in [0, 0.05) is 0 Å². The topological polar surface area (TPSA) is 46.9 Å². The Morgan fingerprint density at radius 2 is 1.50 bits per heavy atom. The van der Waals surface area contributed by atoms with Crippen molar-refractivity contribution in [2.45, 2.75) is 26.8 Å². The first-order valence-electron chi connectivity index (χ1n) is 8.25. The van der Waals surface area contributed by atoms with E-state index in [-0.39, 0.29) is 24.0 Å². The molecule has 6 heteroatoms. The number of anilines is 1. The maximum atomic E-state index is 13.0. The summed E-state index contributed by atoms with van der Waals surface area (Å²) in [5.41, 5.74) is 3.84. The van der Waals surface area contributed by atoms with Crippen molar-refractivity contribution in [2.24, 2.45) is 0 Å². The highest BCUT2D eigenvalue weighted by Gasteiger charge is 2.15. The van der Waals surface area contributed by atoms with Gasteiger partial charge in [-0.05, 0) is 49.2 Å². The van der Waals surface area contributed by atoms with Crippen LogP contribution in [0.4, 0.5) is 14.5 Å². The van der Waals surface area contributed by atoms with Gasteiger partial charge in [0.25, 0.3) is 0 Å². The number of amides is 1. The molecule has 26 heavy (non-hydrogen) atoms. The van der Waals surface area contributed by atoms with E-state index >= 15 is 0 Å². The van der Waals surface area contributed by atoms with Gasteiger partial charge in [0.15, 0.2) is 0 Å². The fourth-order valence-electron chi connectivity index (χ4n) is 2.77. The Balaban J connectivity index is 1.71. The molecule has 0 bridgehead atoms. The molecule has 1 N–H and O–H groups in total. The molecule has 0 aliphatic rings. The molecule has 3 aromatic rings. The number of carbonyl (C=O) groups is 1. The van der Waals surface area contributed by atoms with Gasteiger partial charge in [-0.2, -0.15) is 5.10 Å². The highest BCUT2D eigenvalue weighted by molar-refractivity contribution is 5.93. The number of rotatable bonds is 5. The number of carbonyl (C=O) groups excluding carboxylic acids is 1. The van der Waals surface area contributed by atoms with E-state index in [1.54, 1.807) is 28.9 Å². The van der Waals surface area contributed by atoms with Crippen LogP contribution >= 0.6 is 0 Å². The lowest BCUT2D eigenvalue weighted by Gasteiger charge is -2.08. The second-order valence-electron chi connectivity index (χ2n) is 6.18.